The van der Waals surface area contributed by atoms with Crippen LogP contribution in [0.2, 0.25) is 0 Å². The second kappa shape index (κ2) is 5.21. The molecule has 3 rings (SSSR count). The molecule has 0 radical (unpaired) electrons. The fourth-order valence-electron chi connectivity index (χ4n) is 2.56. The molecule has 0 fully saturated rings. The van der Waals surface area contributed by atoms with Crippen LogP contribution in [0.15, 0.2) is 24.3 Å². The maximum Gasteiger partial charge on any atom is 0.412 e. The molecular weight excluding hydrogens is 288 g/mol. The molecule has 0 spiro atoms. The Labute approximate surface area is 125 Å². The van der Waals surface area contributed by atoms with Crippen molar-refractivity contribution < 1.29 is 14.3 Å². The van der Waals surface area contributed by atoms with Gasteiger partial charge in [-0.3, -0.25) is 10.1 Å². The van der Waals surface area contributed by atoms with Crippen LogP contribution < -0.4 is 11.1 Å². The van der Waals surface area contributed by atoms with Crippen LogP contribution in [0.3, 0.4) is 0 Å². The van der Waals surface area contributed by atoms with Crippen molar-refractivity contribution in [1.82, 2.24) is 0 Å². The lowest BCUT2D eigenvalue weighted by atomic mass is 10.0. The first-order valence-corrected chi connectivity index (χ1v) is 7.41. The molecular formula is C15H14N2O3S. The Kier molecular flexibility index (Phi) is 3.39. The van der Waals surface area contributed by atoms with E-state index in [4.69, 9.17) is 10.5 Å². The van der Waals surface area contributed by atoms with E-state index in [9.17, 15) is 9.59 Å². The zero-order chi connectivity index (χ0) is 15.0. The van der Waals surface area contributed by atoms with Gasteiger partial charge < -0.3 is 10.5 Å². The van der Waals surface area contributed by atoms with Gasteiger partial charge in [0.2, 0.25) is 0 Å². The number of hydrogen-bond donors (Lipinski definition) is 2. The van der Waals surface area contributed by atoms with E-state index in [1.165, 1.54) is 16.9 Å². The Hall–Kier alpha value is -2.34. The number of primary amides is 1. The molecule has 21 heavy (non-hydrogen) atoms. The largest absolute Gasteiger partial charge is 0.450 e. The molecule has 0 bridgehead atoms. The Bertz CT molecular complexity index is 737. The van der Waals surface area contributed by atoms with Crippen molar-refractivity contribution in [3.05, 3.63) is 40.3 Å². The number of amides is 2. The maximum absolute atomic E-state index is 11.8. The van der Waals surface area contributed by atoms with E-state index >= 15 is 0 Å². The summed E-state index contributed by atoms with van der Waals surface area (Å²) in [5, 5.41) is 3.07. The fourth-order valence-corrected chi connectivity index (χ4v) is 3.79. The topological polar surface area (TPSA) is 81.4 Å². The molecule has 1 aromatic heterocycles. The standard InChI is InChI=1S/C15H14N2O3S/c1-2-20-15(19)17-14-12(13(16)18)11-9-6-4-3-5-8(9)7-10(11)21-14/h3-6H,2,7H2,1H3,(H2,16,18)(H,17,19). The zero-order valence-electron chi connectivity index (χ0n) is 11.4. The molecule has 5 nitrogen and oxygen atoms in total. The summed E-state index contributed by atoms with van der Waals surface area (Å²) in [4.78, 5) is 24.4. The van der Waals surface area contributed by atoms with E-state index in [1.807, 2.05) is 24.3 Å². The highest BCUT2D eigenvalue weighted by Crippen LogP contribution is 2.47. The van der Waals surface area contributed by atoms with Crippen molar-refractivity contribution in [3.63, 3.8) is 0 Å². The van der Waals surface area contributed by atoms with Crippen LogP contribution >= 0.6 is 11.3 Å². The van der Waals surface area contributed by atoms with Crippen LogP contribution in [0.1, 0.15) is 27.7 Å². The van der Waals surface area contributed by atoms with Gasteiger partial charge >= 0.3 is 6.09 Å². The normalized spacial score (nSPS) is 11.7. The average Bonchev–Trinajstić information content (AvgIpc) is 2.93. The number of fused-ring (bicyclic) bond motifs is 3. The summed E-state index contributed by atoms with van der Waals surface area (Å²) in [6.07, 6.45) is 0.175. The number of carbonyl (C=O) groups excluding carboxylic acids is 2. The predicted molar refractivity (Wildman–Crippen MR) is 81.7 cm³/mol. The van der Waals surface area contributed by atoms with Gasteiger partial charge in [0, 0.05) is 16.9 Å². The second-order valence-electron chi connectivity index (χ2n) is 4.65. The lowest BCUT2D eigenvalue weighted by molar-refractivity contribution is 0.100. The number of hydrogen-bond acceptors (Lipinski definition) is 4. The molecule has 2 amide bonds. The summed E-state index contributed by atoms with van der Waals surface area (Å²) in [6, 6.07) is 7.89. The van der Waals surface area contributed by atoms with E-state index in [0.717, 1.165) is 22.4 Å². The summed E-state index contributed by atoms with van der Waals surface area (Å²) in [7, 11) is 0. The zero-order valence-corrected chi connectivity index (χ0v) is 12.3. The lowest BCUT2D eigenvalue weighted by Crippen LogP contribution is -2.17. The number of carbonyl (C=O) groups is 2. The smallest absolute Gasteiger partial charge is 0.412 e. The van der Waals surface area contributed by atoms with Gasteiger partial charge in [-0.25, -0.2) is 4.79 Å². The highest BCUT2D eigenvalue weighted by atomic mass is 32.1. The summed E-state index contributed by atoms with van der Waals surface area (Å²) in [5.41, 5.74) is 8.90. The molecule has 0 saturated heterocycles. The molecule has 1 aliphatic carbocycles. The monoisotopic (exact) mass is 302 g/mol. The third-order valence-electron chi connectivity index (χ3n) is 3.36. The Morgan fingerprint density at radius 3 is 2.86 bits per heavy atom. The summed E-state index contributed by atoms with van der Waals surface area (Å²) in [5.74, 6) is -0.545. The molecule has 1 aliphatic rings. The van der Waals surface area contributed by atoms with Crippen LogP contribution in [0.5, 0.6) is 0 Å². The van der Waals surface area contributed by atoms with Gasteiger partial charge in [-0.1, -0.05) is 24.3 Å². The highest BCUT2D eigenvalue weighted by Gasteiger charge is 2.29. The number of anilines is 1. The van der Waals surface area contributed by atoms with E-state index < -0.39 is 12.0 Å². The maximum atomic E-state index is 11.8. The average molecular weight is 302 g/mol. The SMILES string of the molecule is CCOC(=O)Nc1sc2c(c1C(N)=O)-c1ccccc1C2. The van der Waals surface area contributed by atoms with Crippen LogP contribution in [0.25, 0.3) is 11.1 Å². The van der Waals surface area contributed by atoms with Crippen LogP contribution in [0.4, 0.5) is 9.80 Å². The summed E-state index contributed by atoms with van der Waals surface area (Å²) in [6.45, 7) is 1.99. The number of ether oxygens (including phenoxy) is 1. The van der Waals surface area contributed by atoms with Crippen LogP contribution in [-0.2, 0) is 11.2 Å². The Balaban J connectivity index is 2.07. The van der Waals surface area contributed by atoms with Gasteiger partial charge in [0.15, 0.2) is 0 Å². The quantitative estimate of drug-likeness (QED) is 0.780. The number of nitrogens with one attached hydrogen (secondary N) is 1. The minimum atomic E-state index is -0.576. The van der Waals surface area contributed by atoms with Crippen molar-refractivity contribution in [1.29, 1.82) is 0 Å². The van der Waals surface area contributed by atoms with E-state index in [-0.39, 0.29) is 6.61 Å². The number of nitrogens with two attached hydrogens (primary N) is 1. The fraction of sp³-hybridized carbons (Fsp3) is 0.200. The minimum absolute atomic E-state index is 0.270. The third kappa shape index (κ3) is 2.27. The second-order valence-corrected chi connectivity index (χ2v) is 5.75. The first-order chi connectivity index (χ1) is 10.1. The highest BCUT2D eigenvalue weighted by molar-refractivity contribution is 7.17. The van der Waals surface area contributed by atoms with E-state index in [0.29, 0.717) is 10.6 Å². The number of rotatable bonds is 3. The van der Waals surface area contributed by atoms with Gasteiger partial charge in [0.1, 0.15) is 5.00 Å². The van der Waals surface area contributed by atoms with Gasteiger partial charge in [-0.2, -0.15) is 0 Å². The van der Waals surface area contributed by atoms with Crippen molar-refractivity contribution in [2.45, 2.75) is 13.3 Å². The summed E-state index contributed by atoms with van der Waals surface area (Å²) >= 11 is 1.37. The van der Waals surface area contributed by atoms with Crippen molar-refractivity contribution in [3.8, 4) is 11.1 Å². The Morgan fingerprint density at radius 2 is 2.14 bits per heavy atom. The molecule has 0 atom stereocenters. The third-order valence-corrected chi connectivity index (χ3v) is 4.46. The first-order valence-electron chi connectivity index (χ1n) is 6.59. The molecule has 1 heterocycles. The molecule has 6 heteroatoms. The lowest BCUT2D eigenvalue weighted by Gasteiger charge is -2.07. The summed E-state index contributed by atoms with van der Waals surface area (Å²) < 4.78 is 4.86. The van der Waals surface area contributed by atoms with Gasteiger partial charge in [-0.05, 0) is 18.1 Å². The van der Waals surface area contributed by atoms with Crippen LogP contribution in [-0.4, -0.2) is 18.6 Å². The van der Waals surface area contributed by atoms with Gasteiger partial charge in [0.05, 0.1) is 12.2 Å². The molecule has 0 saturated carbocycles. The Morgan fingerprint density at radius 1 is 1.38 bits per heavy atom. The molecule has 2 aromatic rings. The molecule has 3 N–H and O–H groups in total. The van der Waals surface area contributed by atoms with E-state index in [2.05, 4.69) is 5.32 Å². The predicted octanol–water partition coefficient (Wildman–Crippen LogP) is 2.99. The van der Waals surface area contributed by atoms with Gasteiger partial charge in [0.25, 0.3) is 5.91 Å². The van der Waals surface area contributed by atoms with Gasteiger partial charge in [-0.15, -0.1) is 11.3 Å². The number of thiophene rings is 1. The number of benzene rings is 1. The molecule has 0 unspecified atom stereocenters. The molecule has 0 aliphatic heterocycles. The van der Waals surface area contributed by atoms with Crippen molar-refractivity contribution >= 4 is 28.3 Å². The minimum Gasteiger partial charge on any atom is -0.450 e. The molecule has 1 aromatic carbocycles. The van der Waals surface area contributed by atoms with Crippen molar-refractivity contribution in [2.75, 3.05) is 11.9 Å². The molecule has 108 valence electrons. The van der Waals surface area contributed by atoms with E-state index in [1.54, 1.807) is 6.92 Å². The van der Waals surface area contributed by atoms with Crippen molar-refractivity contribution in [2.24, 2.45) is 5.73 Å². The first kappa shape index (κ1) is 13.6. The van der Waals surface area contributed by atoms with Crippen LogP contribution in [0, 0.1) is 0 Å².